The van der Waals surface area contributed by atoms with Crippen molar-refractivity contribution in [3.8, 4) is 0 Å². The normalized spacial score (nSPS) is 21.6. The number of nitrogens with zero attached hydrogens (tertiary/aromatic N) is 4. The van der Waals surface area contributed by atoms with Gasteiger partial charge in [0.15, 0.2) is 11.5 Å². The zero-order valence-corrected chi connectivity index (χ0v) is 15.2. The molecule has 2 amide bonds. The van der Waals surface area contributed by atoms with Gasteiger partial charge in [0.2, 0.25) is 0 Å². The number of carbonyl (C=O) groups excluding carboxylic acids is 1. The van der Waals surface area contributed by atoms with Crippen LogP contribution in [0.25, 0.3) is 5.65 Å². The molecule has 7 nitrogen and oxygen atoms in total. The highest BCUT2D eigenvalue weighted by atomic mass is 16.5. The van der Waals surface area contributed by atoms with E-state index in [0.717, 1.165) is 43.7 Å². The lowest BCUT2D eigenvalue weighted by molar-refractivity contribution is 0.0494. The molecule has 0 aromatic carbocycles. The summed E-state index contributed by atoms with van der Waals surface area (Å²) in [6.45, 7) is 5.44. The van der Waals surface area contributed by atoms with Crippen LogP contribution in [0.4, 0.5) is 4.79 Å². The molecule has 7 heteroatoms. The highest BCUT2D eigenvalue weighted by Gasteiger charge is 2.43. The first kappa shape index (κ1) is 17.7. The van der Waals surface area contributed by atoms with Crippen LogP contribution in [0, 0.1) is 0 Å². The van der Waals surface area contributed by atoms with E-state index in [4.69, 9.17) is 4.74 Å². The van der Waals surface area contributed by atoms with Gasteiger partial charge in [0.1, 0.15) is 0 Å². The molecule has 2 aromatic rings. The van der Waals surface area contributed by atoms with Crippen LogP contribution in [0.15, 0.2) is 24.4 Å². The van der Waals surface area contributed by atoms with Gasteiger partial charge in [0.25, 0.3) is 0 Å². The third-order valence-electron chi connectivity index (χ3n) is 5.04. The Balaban J connectivity index is 1.76. The SMILES string of the molecule is CCCC1(COC)CCCN1C(=O)NC(C)c1nnc2ccccn12. The predicted molar refractivity (Wildman–Crippen MR) is 95.4 cm³/mol. The van der Waals surface area contributed by atoms with Gasteiger partial charge in [-0.25, -0.2) is 4.79 Å². The Morgan fingerprint density at radius 1 is 1.44 bits per heavy atom. The molecule has 25 heavy (non-hydrogen) atoms. The van der Waals surface area contributed by atoms with E-state index in [1.165, 1.54) is 0 Å². The van der Waals surface area contributed by atoms with Crippen molar-refractivity contribution >= 4 is 11.7 Å². The number of urea groups is 1. The van der Waals surface area contributed by atoms with Gasteiger partial charge in [-0.2, -0.15) is 0 Å². The average molecular weight is 345 g/mol. The summed E-state index contributed by atoms with van der Waals surface area (Å²) in [7, 11) is 1.71. The summed E-state index contributed by atoms with van der Waals surface area (Å²) in [6, 6.07) is 5.47. The van der Waals surface area contributed by atoms with Gasteiger partial charge < -0.3 is 15.0 Å². The molecule has 0 spiro atoms. The lowest BCUT2D eigenvalue weighted by atomic mass is 9.91. The topological polar surface area (TPSA) is 71.8 Å². The lowest BCUT2D eigenvalue weighted by Gasteiger charge is -2.38. The van der Waals surface area contributed by atoms with E-state index in [1.807, 2.05) is 40.6 Å². The number of fused-ring (bicyclic) bond motifs is 1. The number of methoxy groups -OCH3 is 1. The van der Waals surface area contributed by atoms with Gasteiger partial charge in [-0.1, -0.05) is 19.4 Å². The van der Waals surface area contributed by atoms with Crippen LogP contribution >= 0.6 is 0 Å². The Labute approximate surface area is 148 Å². The number of nitrogens with one attached hydrogen (secondary N) is 1. The maximum Gasteiger partial charge on any atom is 0.318 e. The van der Waals surface area contributed by atoms with Crippen molar-refractivity contribution in [3.63, 3.8) is 0 Å². The molecular weight excluding hydrogens is 318 g/mol. The molecule has 136 valence electrons. The summed E-state index contributed by atoms with van der Waals surface area (Å²) in [6.07, 6.45) is 5.90. The maximum atomic E-state index is 13.0. The van der Waals surface area contributed by atoms with Crippen LogP contribution in [0.2, 0.25) is 0 Å². The monoisotopic (exact) mass is 345 g/mol. The molecule has 1 saturated heterocycles. The fraction of sp³-hybridized carbons (Fsp3) is 0.611. The van der Waals surface area contributed by atoms with Crippen LogP contribution in [-0.4, -0.2) is 51.3 Å². The van der Waals surface area contributed by atoms with E-state index in [0.29, 0.717) is 6.61 Å². The summed E-state index contributed by atoms with van der Waals surface area (Å²) in [5.74, 6) is 0.732. The first-order valence-corrected chi connectivity index (χ1v) is 8.98. The van der Waals surface area contributed by atoms with Gasteiger partial charge >= 0.3 is 6.03 Å². The Morgan fingerprint density at radius 3 is 3.04 bits per heavy atom. The second kappa shape index (κ2) is 7.39. The van der Waals surface area contributed by atoms with E-state index >= 15 is 0 Å². The highest BCUT2D eigenvalue weighted by molar-refractivity contribution is 5.76. The fourth-order valence-electron chi connectivity index (χ4n) is 3.95. The van der Waals surface area contributed by atoms with Gasteiger partial charge in [-0.05, 0) is 38.3 Å². The van der Waals surface area contributed by atoms with Crippen molar-refractivity contribution < 1.29 is 9.53 Å². The largest absolute Gasteiger partial charge is 0.382 e. The van der Waals surface area contributed by atoms with Gasteiger partial charge in [-0.15, -0.1) is 10.2 Å². The minimum atomic E-state index is -0.229. The number of hydrogen-bond acceptors (Lipinski definition) is 4. The van der Waals surface area contributed by atoms with Crippen LogP contribution in [0.1, 0.15) is 51.4 Å². The van der Waals surface area contributed by atoms with E-state index in [9.17, 15) is 4.79 Å². The number of amides is 2. The number of hydrogen-bond donors (Lipinski definition) is 1. The van der Waals surface area contributed by atoms with Crippen LogP contribution in [-0.2, 0) is 4.74 Å². The summed E-state index contributed by atoms with van der Waals surface area (Å²) in [4.78, 5) is 14.9. The molecule has 2 unspecified atom stereocenters. The molecule has 1 N–H and O–H groups in total. The number of aromatic nitrogens is 3. The molecule has 1 aliphatic rings. The standard InChI is InChI=1S/C18H27N5O2/c1-4-9-18(13-25-3)10-7-12-23(18)17(24)19-14(2)16-21-20-15-8-5-6-11-22(15)16/h5-6,8,11,14H,4,7,9-10,12-13H2,1-3H3,(H,19,24). The third kappa shape index (κ3) is 3.33. The molecule has 2 aromatic heterocycles. The van der Waals surface area contributed by atoms with Crippen molar-refractivity contribution in [1.29, 1.82) is 0 Å². The third-order valence-corrected chi connectivity index (χ3v) is 5.04. The zero-order chi connectivity index (χ0) is 17.9. The van der Waals surface area contributed by atoms with Crippen molar-refractivity contribution in [3.05, 3.63) is 30.2 Å². The summed E-state index contributed by atoms with van der Waals surface area (Å²) < 4.78 is 7.35. The second-order valence-corrected chi connectivity index (χ2v) is 6.82. The molecule has 3 heterocycles. The van der Waals surface area contributed by atoms with Gasteiger partial charge in [0, 0.05) is 19.9 Å². The van der Waals surface area contributed by atoms with Crippen LogP contribution in [0.3, 0.4) is 0 Å². The van der Waals surface area contributed by atoms with E-state index in [2.05, 4.69) is 22.4 Å². The van der Waals surface area contributed by atoms with Gasteiger partial charge in [-0.3, -0.25) is 4.40 Å². The summed E-state index contributed by atoms with van der Waals surface area (Å²) in [5.41, 5.74) is 0.583. The maximum absolute atomic E-state index is 13.0. The zero-order valence-electron chi connectivity index (χ0n) is 15.2. The molecule has 2 atom stereocenters. The molecule has 1 aliphatic heterocycles. The molecular formula is C18H27N5O2. The number of carbonyl (C=O) groups is 1. The summed E-state index contributed by atoms with van der Waals surface area (Å²) in [5, 5.41) is 11.5. The van der Waals surface area contributed by atoms with E-state index in [-0.39, 0.29) is 17.6 Å². The first-order chi connectivity index (χ1) is 12.1. The molecule has 1 fully saturated rings. The Kier molecular flexibility index (Phi) is 5.22. The number of pyridine rings is 1. The molecule has 0 saturated carbocycles. The highest BCUT2D eigenvalue weighted by Crippen LogP contribution is 2.34. The molecule has 0 aliphatic carbocycles. The van der Waals surface area contributed by atoms with E-state index < -0.39 is 0 Å². The number of rotatable bonds is 6. The fourth-order valence-corrected chi connectivity index (χ4v) is 3.95. The number of ether oxygens (including phenoxy) is 1. The van der Waals surface area contributed by atoms with E-state index in [1.54, 1.807) is 7.11 Å². The van der Waals surface area contributed by atoms with Crippen molar-refractivity contribution in [2.24, 2.45) is 0 Å². The summed E-state index contributed by atoms with van der Waals surface area (Å²) >= 11 is 0. The van der Waals surface area contributed by atoms with Crippen LogP contribution in [0.5, 0.6) is 0 Å². The van der Waals surface area contributed by atoms with Crippen LogP contribution < -0.4 is 5.32 Å². The Bertz CT molecular complexity index is 723. The second-order valence-electron chi connectivity index (χ2n) is 6.82. The minimum Gasteiger partial charge on any atom is -0.382 e. The predicted octanol–water partition coefficient (Wildman–Crippen LogP) is 2.78. The molecule has 3 rings (SSSR count). The molecule has 0 bridgehead atoms. The number of likely N-dealkylation sites (tertiary alicyclic amines) is 1. The Hall–Kier alpha value is -2.15. The van der Waals surface area contributed by atoms with Crippen molar-refractivity contribution in [2.45, 2.75) is 51.1 Å². The molecule has 0 radical (unpaired) electrons. The van der Waals surface area contributed by atoms with Crippen molar-refractivity contribution in [1.82, 2.24) is 24.8 Å². The first-order valence-electron chi connectivity index (χ1n) is 8.98. The average Bonchev–Trinajstić information content (AvgIpc) is 3.20. The lowest BCUT2D eigenvalue weighted by Crippen LogP contribution is -2.54. The smallest absolute Gasteiger partial charge is 0.318 e. The van der Waals surface area contributed by atoms with Gasteiger partial charge in [0.05, 0.1) is 18.2 Å². The van der Waals surface area contributed by atoms with Crippen molar-refractivity contribution in [2.75, 3.05) is 20.3 Å². The minimum absolute atomic E-state index is 0.0526. The Morgan fingerprint density at radius 2 is 2.28 bits per heavy atom. The quantitative estimate of drug-likeness (QED) is 0.874.